The molecule has 4 nitrogen and oxygen atoms in total. The fraction of sp³-hybridized carbons (Fsp3) is 0. The Hall–Kier alpha value is -2.27. The Balaban J connectivity index is 1.89. The van der Waals surface area contributed by atoms with Gasteiger partial charge in [0.2, 0.25) is 0 Å². The number of halogens is 1. The van der Waals surface area contributed by atoms with Gasteiger partial charge in [0.15, 0.2) is 0 Å². The predicted molar refractivity (Wildman–Crippen MR) is 86.2 cm³/mol. The van der Waals surface area contributed by atoms with Gasteiger partial charge >= 0.3 is 6.03 Å². The lowest BCUT2D eigenvalue weighted by Gasteiger charge is -2.04. The van der Waals surface area contributed by atoms with Crippen molar-refractivity contribution in [1.29, 1.82) is 0 Å². The summed E-state index contributed by atoms with van der Waals surface area (Å²) >= 11 is 3.43. The lowest BCUT2D eigenvalue weighted by Crippen LogP contribution is -2.23. The van der Waals surface area contributed by atoms with Crippen molar-refractivity contribution in [2.24, 2.45) is 0 Å². The Morgan fingerprint density at radius 1 is 1.10 bits per heavy atom. The summed E-state index contributed by atoms with van der Waals surface area (Å²) in [5, 5.41) is 5.34. The van der Waals surface area contributed by atoms with Crippen molar-refractivity contribution in [1.82, 2.24) is 5.32 Å². The van der Waals surface area contributed by atoms with Crippen LogP contribution < -0.4 is 16.4 Å². The number of rotatable bonds is 3. The normalized spacial score (nSPS) is 10.4. The first-order valence-corrected chi connectivity index (χ1v) is 6.78. The smallest absolute Gasteiger partial charge is 0.323 e. The first-order chi connectivity index (χ1) is 9.65. The van der Waals surface area contributed by atoms with E-state index >= 15 is 0 Å². The summed E-state index contributed by atoms with van der Waals surface area (Å²) in [5.41, 5.74) is 7.90. The number of carbonyl (C=O) groups is 1. The second kappa shape index (κ2) is 6.77. The molecular formula is C15H14BrN3O. The number of anilines is 2. The molecule has 0 aliphatic heterocycles. The van der Waals surface area contributed by atoms with Gasteiger partial charge in [-0.25, -0.2) is 4.79 Å². The summed E-state index contributed by atoms with van der Waals surface area (Å²) in [6.45, 7) is 0. The van der Waals surface area contributed by atoms with Gasteiger partial charge in [-0.2, -0.15) is 0 Å². The minimum absolute atomic E-state index is 0.307. The van der Waals surface area contributed by atoms with Gasteiger partial charge in [-0.15, -0.1) is 0 Å². The second-order valence-electron chi connectivity index (χ2n) is 4.08. The van der Waals surface area contributed by atoms with Crippen LogP contribution in [0.15, 0.2) is 59.2 Å². The van der Waals surface area contributed by atoms with Gasteiger partial charge in [0, 0.05) is 22.0 Å². The molecule has 0 saturated carbocycles. The average molecular weight is 332 g/mol. The maximum Gasteiger partial charge on any atom is 0.323 e. The Labute approximate surface area is 125 Å². The molecule has 0 atom stereocenters. The molecule has 0 bridgehead atoms. The highest BCUT2D eigenvalue weighted by Crippen LogP contribution is 2.16. The zero-order valence-electron chi connectivity index (χ0n) is 10.6. The van der Waals surface area contributed by atoms with Crippen LogP contribution in [0.1, 0.15) is 5.56 Å². The van der Waals surface area contributed by atoms with E-state index in [4.69, 9.17) is 5.73 Å². The van der Waals surface area contributed by atoms with Crippen LogP contribution in [0.5, 0.6) is 0 Å². The maximum absolute atomic E-state index is 11.7. The maximum atomic E-state index is 11.7. The van der Waals surface area contributed by atoms with Crippen LogP contribution >= 0.6 is 15.9 Å². The van der Waals surface area contributed by atoms with Gasteiger partial charge in [0.25, 0.3) is 0 Å². The van der Waals surface area contributed by atoms with E-state index in [1.807, 2.05) is 30.3 Å². The zero-order chi connectivity index (χ0) is 14.4. The monoisotopic (exact) mass is 331 g/mol. The van der Waals surface area contributed by atoms with Crippen LogP contribution in [0, 0.1) is 0 Å². The highest BCUT2D eigenvalue weighted by Gasteiger charge is 1.99. The van der Waals surface area contributed by atoms with Crippen molar-refractivity contribution in [3.8, 4) is 0 Å². The summed E-state index contributed by atoms with van der Waals surface area (Å²) in [4.78, 5) is 11.7. The third kappa shape index (κ3) is 4.13. The van der Waals surface area contributed by atoms with Crippen molar-refractivity contribution in [3.05, 3.63) is 64.8 Å². The minimum atomic E-state index is -0.307. The van der Waals surface area contributed by atoms with E-state index in [2.05, 4.69) is 26.6 Å². The van der Waals surface area contributed by atoms with E-state index in [9.17, 15) is 4.79 Å². The van der Waals surface area contributed by atoms with Crippen LogP contribution in [0.25, 0.3) is 6.08 Å². The van der Waals surface area contributed by atoms with Crippen LogP contribution in [-0.2, 0) is 0 Å². The van der Waals surface area contributed by atoms with Gasteiger partial charge in [-0.1, -0.05) is 34.1 Å². The summed E-state index contributed by atoms with van der Waals surface area (Å²) < 4.78 is 0.969. The number of benzene rings is 2. The predicted octanol–water partition coefficient (Wildman–Crippen LogP) is 3.82. The number of urea groups is 1. The van der Waals surface area contributed by atoms with Crippen LogP contribution in [0.4, 0.5) is 16.2 Å². The van der Waals surface area contributed by atoms with Crippen molar-refractivity contribution in [3.63, 3.8) is 0 Å². The molecule has 0 aromatic heterocycles. The molecule has 102 valence electrons. The van der Waals surface area contributed by atoms with Crippen LogP contribution in [0.2, 0.25) is 0 Å². The standard InChI is InChI=1S/C15H14BrN3O/c16-14-4-2-1-3-11(14)9-10-18-15(20)19-13-7-5-12(17)6-8-13/h1-10H,17H2,(H2,18,19,20)/b10-9+. The summed E-state index contributed by atoms with van der Waals surface area (Å²) in [6.07, 6.45) is 3.40. The van der Waals surface area contributed by atoms with E-state index in [0.717, 1.165) is 10.0 Å². The number of nitrogen functional groups attached to an aromatic ring is 1. The first-order valence-electron chi connectivity index (χ1n) is 5.99. The lowest BCUT2D eigenvalue weighted by atomic mass is 10.2. The van der Waals surface area contributed by atoms with Crippen molar-refractivity contribution in [2.75, 3.05) is 11.1 Å². The topological polar surface area (TPSA) is 67.1 Å². The molecule has 20 heavy (non-hydrogen) atoms. The molecule has 0 spiro atoms. The molecule has 0 aliphatic carbocycles. The SMILES string of the molecule is Nc1ccc(NC(=O)N/C=C/c2ccccc2Br)cc1. The van der Waals surface area contributed by atoms with Gasteiger partial charge in [0.05, 0.1) is 0 Å². The fourth-order valence-electron chi connectivity index (χ4n) is 1.55. The van der Waals surface area contributed by atoms with E-state index in [0.29, 0.717) is 11.4 Å². The summed E-state index contributed by atoms with van der Waals surface area (Å²) in [6, 6.07) is 14.4. The van der Waals surface area contributed by atoms with Gasteiger partial charge in [0.1, 0.15) is 0 Å². The highest BCUT2D eigenvalue weighted by molar-refractivity contribution is 9.10. The Bertz CT molecular complexity index is 623. The molecule has 0 aliphatic rings. The van der Waals surface area contributed by atoms with E-state index < -0.39 is 0 Å². The Kier molecular flexibility index (Phi) is 4.79. The molecule has 2 amide bonds. The summed E-state index contributed by atoms with van der Waals surface area (Å²) in [5.74, 6) is 0. The zero-order valence-corrected chi connectivity index (χ0v) is 12.2. The molecule has 0 saturated heterocycles. The molecule has 2 rings (SSSR count). The quantitative estimate of drug-likeness (QED) is 0.748. The fourth-order valence-corrected chi connectivity index (χ4v) is 1.97. The first kappa shape index (κ1) is 14.1. The molecule has 2 aromatic rings. The number of hydrogen-bond acceptors (Lipinski definition) is 2. The van der Waals surface area contributed by atoms with Crippen molar-refractivity contribution < 1.29 is 4.79 Å². The van der Waals surface area contributed by atoms with Gasteiger partial charge in [-0.05, 0) is 42.0 Å². The molecular weight excluding hydrogens is 318 g/mol. The third-order valence-electron chi connectivity index (χ3n) is 2.55. The Morgan fingerprint density at radius 3 is 2.50 bits per heavy atom. The van der Waals surface area contributed by atoms with Crippen molar-refractivity contribution >= 4 is 39.4 Å². The Morgan fingerprint density at radius 2 is 1.80 bits per heavy atom. The van der Waals surface area contributed by atoms with Gasteiger partial charge in [-0.3, -0.25) is 0 Å². The molecule has 2 aromatic carbocycles. The number of amides is 2. The molecule has 5 heteroatoms. The van der Waals surface area contributed by atoms with Crippen molar-refractivity contribution in [2.45, 2.75) is 0 Å². The number of carbonyl (C=O) groups excluding carboxylic acids is 1. The number of hydrogen-bond donors (Lipinski definition) is 3. The molecule has 0 heterocycles. The van der Waals surface area contributed by atoms with Crippen LogP contribution in [-0.4, -0.2) is 6.03 Å². The van der Waals surface area contributed by atoms with E-state index in [-0.39, 0.29) is 6.03 Å². The average Bonchev–Trinajstić information content (AvgIpc) is 2.43. The van der Waals surface area contributed by atoms with E-state index in [1.165, 1.54) is 0 Å². The van der Waals surface area contributed by atoms with Gasteiger partial charge < -0.3 is 16.4 Å². The van der Waals surface area contributed by atoms with E-state index in [1.54, 1.807) is 30.5 Å². The largest absolute Gasteiger partial charge is 0.399 e. The number of nitrogens with two attached hydrogens (primary N) is 1. The van der Waals surface area contributed by atoms with Crippen LogP contribution in [0.3, 0.4) is 0 Å². The summed E-state index contributed by atoms with van der Waals surface area (Å²) in [7, 11) is 0. The molecule has 4 N–H and O–H groups in total. The second-order valence-corrected chi connectivity index (χ2v) is 4.93. The lowest BCUT2D eigenvalue weighted by molar-refractivity contribution is 0.255. The minimum Gasteiger partial charge on any atom is -0.399 e. The molecule has 0 fully saturated rings. The number of nitrogens with one attached hydrogen (secondary N) is 2. The third-order valence-corrected chi connectivity index (χ3v) is 3.27. The highest BCUT2D eigenvalue weighted by atomic mass is 79.9. The molecule has 0 unspecified atom stereocenters. The molecule has 0 radical (unpaired) electrons.